The van der Waals surface area contributed by atoms with E-state index in [1.165, 1.54) is 12.8 Å². The average Bonchev–Trinajstić information content (AvgIpc) is 3.17. The Morgan fingerprint density at radius 3 is 2.84 bits per heavy atom. The number of aliphatic carboxylic acids is 1. The fraction of sp³-hybridized carbons (Fsp3) is 0.429. The van der Waals surface area contributed by atoms with Gasteiger partial charge in [-0.2, -0.15) is 0 Å². The molecule has 0 unspecified atom stereocenters. The van der Waals surface area contributed by atoms with Gasteiger partial charge in [0.05, 0.1) is 6.42 Å². The molecule has 5 heteroatoms. The molecule has 1 saturated carbocycles. The molecule has 0 atom stereocenters. The third-order valence-electron chi connectivity index (χ3n) is 2.91. The summed E-state index contributed by atoms with van der Waals surface area (Å²) in [5, 5.41) is 11.5. The molecule has 5 nitrogen and oxygen atoms in total. The zero-order valence-corrected chi connectivity index (χ0v) is 10.6. The molecule has 1 aromatic carbocycles. The van der Waals surface area contributed by atoms with Gasteiger partial charge in [0.2, 0.25) is 0 Å². The van der Waals surface area contributed by atoms with Crippen LogP contribution < -0.4 is 10.1 Å². The summed E-state index contributed by atoms with van der Waals surface area (Å²) >= 11 is 0. The van der Waals surface area contributed by atoms with Crippen molar-refractivity contribution in [1.29, 1.82) is 0 Å². The Hall–Kier alpha value is -2.04. The van der Waals surface area contributed by atoms with Crippen LogP contribution in [0.25, 0.3) is 0 Å². The molecule has 2 N–H and O–H groups in total. The van der Waals surface area contributed by atoms with E-state index in [0.717, 1.165) is 6.54 Å². The normalized spacial score (nSPS) is 13.9. The number of hydrogen-bond donors (Lipinski definition) is 2. The number of carboxylic acids is 1. The first-order chi connectivity index (χ1) is 9.13. The molecule has 0 bridgehead atoms. The van der Waals surface area contributed by atoms with E-state index in [1.807, 2.05) is 0 Å². The van der Waals surface area contributed by atoms with Crippen molar-refractivity contribution in [2.24, 2.45) is 5.92 Å². The molecule has 1 amide bonds. The number of carbonyl (C=O) groups is 2. The summed E-state index contributed by atoms with van der Waals surface area (Å²) in [5.41, 5.74) is 0.656. The molecule has 0 spiro atoms. The van der Waals surface area contributed by atoms with Crippen molar-refractivity contribution in [3.63, 3.8) is 0 Å². The molecule has 0 aliphatic heterocycles. The highest BCUT2D eigenvalue weighted by Crippen LogP contribution is 2.27. The highest BCUT2D eigenvalue weighted by molar-refractivity contribution is 5.77. The Kier molecular flexibility index (Phi) is 4.39. The summed E-state index contributed by atoms with van der Waals surface area (Å²) in [4.78, 5) is 22.1. The second-order valence-electron chi connectivity index (χ2n) is 4.75. The zero-order valence-electron chi connectivity index (χ0n) is 10.6. The largest absolute Gasteiger partial charge is 0.484 e. The minimum absolute atomic E-state index is 0.0384. The van der Waals surface area contributed by atoms with E-state index >= 15 is 0 Å². The molecule has 2 rings (SSSR count). The van der Waals surface area contributed by atoms with E-state index in [4.69, 9.17) is 9.84 Å². The summed E-state index contributed by atoms with van der Waals surface area (Å²) in [6.45, 7) is 0.685. The standard InChI is InChI=1S/C14H17NO4/c16-13(15-8-10-4-5-10)9-19-12-3-1-2-11(6-12)7-14(17)18/h1-3,6,10H,4-5,7-9H2,(H,15,16)(H,17,18). The number of hydrogen-bond acceptors (Lipinski definition) is 3. The maximum atomic E-state index is 11.5. The first-order valence-corrected chi connectivity index (χ1v) is 6.33. The number of ether oxygens (including phenoxy) is 1. The molecule has 1 aliphatic rings. The molecule has 19 heavy (non-hydrogen) atoms. The van der Waals surface area contributed by atoms with Gasteiger partial charge in [0, 0.05) is 6.54 Å². The number of nitrogens with one attached hydrogen (secondary N) is 1. The third-order valence-corrected chi connectivity index (χ3v) is 2.91. The Bertz CT molecular complexity index is 468. The van der Waals surface area contributed by atoms with E-state index in [0.29, 0.717) is 17.2 Å². The lowest BCUT2D eigenvalue weighted by Crippen LogP contribution is -2.30. The number of carbonyl (C=O) groups excluding carboxylic acids is 1. The molecular formula is C14H17NO4. The highest BCUT2D eigenvalue weighted by Gasteiger charge is 2.21. The van der Waals surface area contributed by atoms with Crippen LogP contribution in [0.1, 0.15) is 18.4 Å². The van der Waals surface area contributed by atoms with Gasteiger partial charge in [-0.15, -0.1) is 0 Å². The van der Waals surface area contributed by atoms with Crippen LogP contribution in [0.4, 0.5) is 0 Å². The molecule has 102 valence electrons. The molecule has 0 heterocycles. The summed E-state index contributed by atoms with van der Waals surface area (Å²) < 4.78 is 5.34. The highest BCUT2D eigenvalue weighted by atomic mass is 16.5. The Morgan fingerprint density at radius 1 is 1.37 bits per heavy atom. The fourth-order valence-corrected chi connectivity index (χ4v) is 1.70. The molecule has 1 fully saturated rings. The van der Waals surface area contributed by atoms with Gasteiger partial charge in [-0.1, -0.05) is 12.1 Å². The first kappa shape index (κ1) is 13.4. The quantitative estimate of drug-likeness (QED) is 0.775. The van der Waals surface area contributed by atoms with E-state index in [-0.39, 0.29) is 18.9 Å². The second-order valence-corrected chi connectivity index (χ2v) is 4.75. The summed E-state index contributed by atoms with van der Waals surface area (Å²) in [5.74, 6) is 0.123. The molecule has 0 radical (unpaired) electrons. The number of rotatable bonds is 7. The van der Waals surface area contributed by atoms with Crippen molar-refractivity contribution in [2.75, 3.05) is 13.2 Å². The lowest BCUT2D eigenvalue weighted by atomic mass is 10.1. The van der Waals surface area contributed by atoms with E-state index in [9.17, 15) is 9.59 Å². The summed E-state index contributed by atoms with van der Waals surface area (Å²) in [6, 6.07) is 6.78. The van der Waals surface area contributed by atoms with E-state index < -0.39 is 5.97 Å². The SMILES string of the molecule is O=C(O)Cc1cccc(OCC(=O)NCC2CC2)c1. The Balaban J connectivity index is 1.77. The minimum atomic E-state index is -0.890. The van der Waals surface area contributed by atoms with Gasteiger partial charge >= 0.3 is 5.97 Å². The molecule has 0 aromatic heterocycles. The van der Waals surface area contributed by atoms with Crippen LogP contribution in [0.5, 0.6) is 5.75 Å². The zero-order chi connectivity index (χ0) is 13.7. The summed E-state index contributed by atoms with van der Waals surface area (Å²) in [6.07, 6.45) is 2.34. The van der Waals surface area contributed by atoms with Gasteiger partial charge in [-0.3, -0.25) is 9.59 Å². The molecular weight excluding hydrogens is 246 g/mol. The molecule has 1 aromatic rings. The van der Waals surface area contributed by atoms with Crippen LogP contribution in [-0.4, -0.2) is 30.1 Å². The van der Waals surface area contributed by atoms with Crippen LogP contribution >= 0.6 is 0 Å². The van der Waals surface area contributed by atoms with Gasteiger partial charge in [0.25, 0.3) is 5.91 Å². The maximum Gasteiger partial charge on any atom is 0.307 e. The lowest BCUT2D eigenvalue weighted by molar-refractivity contribution is -0.136. The molecule has 1 aliphatic carbocycles. The number of carboxylic acid groups (broad SMARTS) is 1. The number of amides is 1. The van der Waals surface area contributed by atoms with Crippen LogP contribution in [0, 0.1) is 5.92 Å². The lowest BCUT2D eigenvalue weighted by Gasteiger charge is -2.08. The van der Waals surface area contributed by atoms with E-state index in [1.54, 1.807) is 24.3 Å². The van der Waals surface area contributed by atoms with Crippen molar-refractivity contribution in [1.82, 2.24) is 5.32 Å². The van der Waals surface area contributed by atoms with Crippen LogP contribution in [0.15, 0.2) is 24.3 Å². The summed E-state index contributed by atoms with van der Waals surface area (Å²) in [7, 11) is 0. The van der Waals surface area contributed by atoms with Crippen molar-refractivity contribution >= 4 is 11.9 Å². The predicted molar refractivity (Wildman–Crippen MR) is 69.0 cm³/mol. The van der Waals surface area contributed by atoms with Gasteiger partial charge in [0.1, 0.15) is 5.75 Å². The Morgan fingerprint density at radius 2 is 2.16 bits per heavy atom. The van der Waals surface area contributed by atoms with E-state index in [2.05, 4.69) is 5.32 Å². The Labute approximate surface area is 111 Å². The average molecular weight is 263 g/mol. The predicted octanol–water partition coefficient (Wildman–Crippen LogP) is 1.22. The molecule has 0 saturated heterocycles. The van der Waals surface area contributed by atoms with Gasteiger partial charge < -0.3 is 15.2 Å². The maximum absolute atomic E-state index is 11.5. The smallest absolute Gasteiger partial charge is 0.307 e. The number of benzene rings is 1. The van der Waals surface area contributed by atoms with Crippen molar-refractivity contribution in [3.05, 3.63) is 29.8 Å². The van der Waals surface area contributed by atoms with Crippen LogP contribution in [0.3, 0.4) is 0 Å². The van der Waals surface area contributed by atoms with Crippen molar-refractivity contribution in [3.8, 4) is 5.75 Å². The van der Waals surface area contributed by atoms with Crippen LogP contribution in [-0.2, 0) is 16.0 Å². The van der Waals surface area contributed by atoms with Crippen molar-refractivity contribution in [2.45, 2.75) is 19.3 Å². The van der Waals surface area contributed by atoms with Gasteiger partial charge in [-0.05, 0) is 36.5 Å². The van der Waals surface area contributed by atoms with Gasteiger partial charge in [0.15, 0.2) is 6.61 Å². The van der Waals surface area contributed by atoms with Crippen LogP contribution in [0.2, 0.25) is 0 Å². The second kappa shape index (κ2) is 6.22. The third kappa shape index (κ3) is 4.99. The topological polar surface area (TPSA) is 75.6 Å². The van der Waals surface area contributed by atoms with Gasteiger partial charge in [-0.25, -0.2) is 0 Å². The van der Waals surface area contributed by atoms with Crippen molar-refractivity contribution < 1.29 is 19.4 Å². The fourth-order valence-electron chi connectivity index (χ4n) is 1.70. The monoisotopic (exact) mass is 263 g/mol. The minimum Gasteiger partial charge on any atom is -0.484 e. The first-order valence-electron chi connectivity index (χ1n) is 6.33.